The Balaban J connectivity index is 1.34. The average Bonchev–Trinajstić information content (AvgIpc) is 3.75. The van der Waals surface area contributed by atoms with Crippen LogP contribution < -0.4 is 10.3 Å². The first kappa shape index (κ1) is 32.3. The molecular formula is C38H34N8O5S. The van der Waals surface area contributed by atoms with Crippen LogP contribution in [0.4, 0.5) is 16.2 Å². The smallest absolute Gasteiger partial charge is 0.313 e. The summed E-state index contributed by atoms with van der Waals surface area (Å²) in [5.74, 6) is -1.29. The zero-order valence-corrected chi connectivity index (χ0v) is 29.6. The van der Waals surface area contributed by atoms with Gasteiger partial charge in [0.2, 0.25) is 5.66 Å². The molecule has 3 saturated heterocycles. The van der Waals surface area contributed by atoms with Crippen LogP contribution in [0.25, 0.3) is 0 Å². The summed E-state index contributed by atoms with van der Waals surface area (Å²) in [4.78, 5) is 68.6. The third kappa shape index (κ3) is 3.51. The van der Waals surface area contributed by atoms with E-state index < -0.39 is 38.4 Å². The van der Waals surface area contributed by atoms with E-state index in [1.165, 1.54) is 28.9 Å². The lowest BCUT2D eigenvalue weighted by atomic mass is 9.72. The molecule has 0 saturated carbocycles. The van der Waals surface area contributed by atoms with E-state index in [-0.39, 0.29) is 24.2 Å². The number of carbonyl (C=O) groups excluding carboxylic acids is 3. The van der Waals surface area contributed by atoms with Crippen molar-refractivity contribution in [3.05, 3.63) is 142 Å². The number of non-ortho nitro benzene ring substituents is 1. The number of urea groups is 1. The number of nitrogens with zero attached hydrogens (tertiary/aromatic N) is 7. The van der Waals surface area contributed by atoms with Gasteiger partial charge in [0.15, 0.2) is 16.4 Å². The number of rotatable bonds is 4. The van der Waals surface area contributed by atoms with Crippen LogP contribution in [0.2, 0.25) is 0 Å². The van der Waals surface area contributed by atoms with Crippen molar-refractivity contribution in [1.82, 2.24) is 25.1 Å². The van der Waals surface area contributed by atoms with Gasteiger partial charge < -0.3 is 4.90 Å². The first-order chi connectivity index (χ1) is 25.0. The van der Waals surface area contributed by atoms with Crippen molar-refractivity contribution in [2.75, 3.05) is 39.6 Å². The first-order valence-electron chi connectivity index (χ1n) is 16.9. The second-order valence-corrected chi connectivity index (χ2v) is 15.1. The number of para-hydroxylation sites is 1. The number of nitro groups is 1. The number of benzene rings is 4. The Morgan fingerprint density at radius 2 is 1.40 bits per heavy atom. The molecule has 4 aromatic carbocycles. The van der Waals surface area contributed by atoms with Crippen molar-refractivity contribution in [3.63, 3.8) is 0 Å². The number of hydrazine groups is 1. The fraction of sp³-hybridized carbons (Fsp3) is 0.263. The minimum absolute atomic E-state index is 0.0760. The first-order valence-corrected chi connectivity index (χ1v) is 17.7. The topological polar surface area (TPSA) is 135 Å². The van der Waals surface area contributed by atoms with Gasteiger partial charge in [-0.25, -0.2) is 14.8 Å². The van der Waals surface area contributed by atoms with Crippen LogP contribution in [-0.4, -0.2) is 87.1 Å². The number of likely N-dealkylation sites (tertiary alicyclic amines) is 1. The highest BCUT2D eigenvalue weighted by Crippen LogP contribution is 2.68. The molecule has 4 aromatic rings. The number of thioether (sulfide) groups is 1. The Morgan fingerprint density at radius 1 is 0.788 bits per heavy atom. The normalized spacial score (nSPS) is 30.7. The van der Waals surface area contributed by atoms with E-state index in [2.05, 4.69) is 5.43 Å². The Morgan fingerprint density at radius 3 is 2.06 bits per heavy atom. The lowest BCUT2D eigenvalue weighted by molar-refractivity contribution is -0.384. The summed E-state index contributed by atoms with van der Waals surface area (Å²) in [5.41, 5.74) is 2.69. The molecule has 3 fully saturated rings. The van der Waals surface area contributed by atoms with Crippen LogP contribution in [0.1, 0.15) is 28.2 Å². The molecule has 5 aliphatic heterocycles. The van der Waals surface area contributed by atoms with Gasteiger partial charge in [0, 0.05) is 62.6 Å². The van der Waals surface area contributed by atoms with E-state index in [0.29, 0.717) is 27.5 Å². The maximum Gasteiger partial charge on any atom is 0.323 e. The van der Waals surface area contributed by atoms with E-state index in [9.17, 15) is 14.9 Å². The fourth-order valence-corrected chi connectivity index (χ4v) is 11.2. The van der Waals surface area contributed by atoms with Gasteiger partial charge in [-0.3, -0.25) is 34.4 Å². The quantitative estimate of drug-likeness (QED) is 0.243. The third-order valence-corrected chi connectivity index (χ3v) is 13.3. The van der Waals surface area contributed by atoms with Gasteiger partial charge in [-0.2, -0.15) is 5.43 Å². The number of amidine groups is 1. The van der Waals surface area contributed by atoms with Gasteiger partial charge in [-0.15, -0.1) is 0 Å². The van der Waals surface area contributed by atoms with Crippen LogP contribution in [0.15, 0.2) is 114 Å². The van der Waals surface area contributed by atoms with Crippen LogP contribution >= 0.6 is 11.8 Å². The molecule has 3 unspecified atom stereocenters. The highest BCUT2D eigenvalue weighted by atomic mass is 32.2. The predicted molar refractivity (Wildman–Crippen MR) is 195 cm³/mol. The maximum absolute atomic E-state index is 15.9. The standard InChI is InChI=1S/C38H34N8O5S/c1-41-23-29(24-19-21-27(22-20-24)46(50)51)36(35(41)28-17-11-12-18-30(28)42(2)31(35)47)32(48)45-33(52-36)39-37(25-13-7-5-8-14-25)38(40-45,26-15-9-6-10-16-26)44(4)34(49)43(37)3/h5-22,29,40H,23H2,1-4H3/t29?,35?,36?,37-,38+/m1/s1. The zero-order valence-electron chi connectivity index (χ0n) is 28.8. The van der Waals surface area contributed by atoms with Crippen LogP contribution in [0.3, 0.4) is 0 Å². The van der Waals surface area contributed by atoms with Crippen LogP contribution in [0, 0.1) is 10.1 Å². The molecule has 5 heterocycles. The summed E-state index contributed by atoms with van der Waals surface area (Å²) in [6.45, 7) is 0.289. The molecule has 1 N–H and O–H groups in total. The van der Waals surface area contributed by atoms with Gasteiger partial charge >= 0.3 is 6.03 Å². The van der Waals surface area contributed by atoms with E-state index in [1.807, 2.05) is 96.9 Å². The lowest BCUT2D eigenvalue weighted by Gasteiger charge is -2.51. The number of likely N-dealkylation sites (N-methyl/N-ethyl adjacent to an activating group) is 4. The summed E-state index contributed by atoms with van der Waals surface area (Å²) in [6, 6.07) is 32.5. The monoisotopic (exact) mass is 714 g/mol. The van der Waals surface area contributed by atoms with Crippen molar-refractivity contribution in [3.8, 4) is 0 Å². The van der Waals surface area contributed by atoms with Crippen LogP contribution in [0.5, 0.6) is 0 Å². The highest BCUT2D eigenvalue weighted by Gasteiger charge is 2.81. The van der Waals surface area contributed by atoms with Gasteiger partial charge in [-0.05, 0) is 24.2 Å². The number of fused-ring (bicyclic) bond motifs is 5. The zero-order chi connectivity index (χ0) is 36.4. The second-order valence-electron chi connectivity index (χ2n) is 13.9. The van der Waals surface area contributed by atoms with Crippen molar-refractivity contribution in [2.45, 2.75) is 27.5 Å². The molecule has 5 aliphatic rings. The molecule has 9 rings (SSSR count). The van der Waals surface area contributed by atoms with Crippen LogP contribution in [-0.2, 0) is 26.5 Å². The Kier molecular flexibility index (Phi) is 6.67. The minimum atomic E-state index is -1.54. The molecule has 2 spiro atoms. The number of nitrogens with one attached hydrogen (secondary N) is 1. The number of aliphatic imine (C=N–C) groups is 1. The molecule has 14 heteroatoms. The number of hydrogen-bond acceptors (Lipinski definition) is 9. The number of nitro benzene ring substituents is 1. The summed E-state index contributed by atoms with van der Waals surface area (Å²) < 4.78 is -1.54. The average molecular weight is 715 g/mol. The number of hydrogen-bond donors (Lipinski definition) is 1. The maximum atomic E-state index is 15.9. The Hall–Kier alpha value is -5.57. The Labute approximate surface area is 303 Å². The molecule has 52 heavy (non-hydrogen) atoms. The predicted octanol–water partition coefficient (Wildman–Crippen LogP) is 4.39. The third-order valence-electron chi connectivity index (χ3n) is 11.8. The van der Waals surface area contributed by atoms with E-state index in [1.54, 1.807) is 48.0 Å². The van der Waals surface area contributed by atoms with Gasteiger partial charge in [0.25, 0.3) is 17.5 Å². The summed E-state index contributed by atoms with van der Waals surface area (Å²) in [6.07, 6.45) is 0. The summed E-state index contributed by atoms with van der Waals surface area (Å²) in [7, 11) is 6.99. The van der Waals surface area contributed by atoms with E-state index in [0.717, 1.165) is 5.56 Å². The molecule has 5 atom stereocenters. The second kappa shape index (κ2) is 10.7. The van der Waals surface area contributed by atoms with Crippen molar-refractivity contribution >= 4 is 46.1 Å². The van der Waals surface area contributed by atoms with Gasteiger partial charge in [0.05, 0.1) is 4.92 Å². The summed E-state index contributed by atoms with van der Waals surface area (Å²) >= 11 is 1.22. The molecule has 262 valence electrons. The minimum Gasteiger partial charge on any atom is -0.313 e. The lowest BCUT2D eigenvalue weighted by Crippen LogP contribution is -2.72. The molecule has 0 radical (unpaired) electrons. The molecule has 0 bridgehead atoms. The fourth-order valence-electron chi connectivity index (χ4n) is 9.49. The summed E-state index contributed by atoms with van der Waals surface area (Å²) in [5, 5.41) is 13.4. The van der Waals surface area contributed by atoms with Crippen molar-refractivity contribution < 1.29 is 19.3 Å². The molecule has 0 aliphatic carbocycles. The van der Waals surface area contributed by atoms with Crippen molar-refractivity contribution in [1.29, 1.82) is 0 Å². The van der Waals surface area contributed by atoms with Gasteiger partial charge in [-0.1, -0.05) is 103 Å². The highest BCUT2D eigenvalue weighted by molar-refractivity contribution is 8.16. The van der Waals surface area contributed by atoms with E-state index in [4.69, 9.17) is 4.99 Å². The van der Waals surface area contributed by atoms with E-state index >= 15 is 9.59 Å². The molecule has 4 amide bonds. The molecular weight excluding hydrogens is 681 g/mol. The van der Waals surface area contributed by atoms with Gasteiger partial charge in [0.1, 0.15) is 4.75 Å². The molecule has 13 nitrogen and oxygen atoms in total. The number of carbonyl (C=O) groups is 3. The largest absolute Gasteiger partial charge is 0.323 e. The number of amides is 4. The molecule has 0 aromatic heterocycles. The number of anilines is 1. The Bertz CT molecular complexity index is 2240. The SMILES string of the molecule is CN1C(=O)C2(c3ccccc31)N(C)CC(c1ccc([N+](=O)[O-])cc1)C21SC2=N[C@]3(c4ccccc4)N(C)C(=O)N(C)[C@]3(c3ccccc3)NN2C1=O. The van der Waals surface area contributed by atoms with Crippen molar-refractivity contribution in [2.24, 2.45) is 4.99 Å².